The minimum absolute atomic E-state index is 0.537. The number of hydrogen-bond acceptors (Lipinski definition) is 3. The highest BCUT2D eigenvalue weighted by atomic mass is 79.9. The number of hydrogen-bond donors (Lipinski definition) is 0. The zero-order valence-electron chi connectivity index (χ0n) is 10.5. The standard InChI is InChI=1S/C15H10BrN3O/c16-10-3-4-12-11(8-10)15(13-2-1-7-20-13)18-9-14-17-5-6-19(12)14/h1-8H,9H2. The van der Waals surface area contributed by atoms with E-state index < -0.39 is 0 Å². The topological polar surface area (TPSA) is 43.3 Å². The molecule has 0 unspecified atom stereocenters. The lowest BCUT2D eigenvalue weighted by Crippen LogP contribution is -2.06. The molecule has 0 radical (unpaired) electrons. The van der Waals surface area contributed by atoms with Crippen LogP contribution in [-0.4, -0.2) is 15.3 Å². The normalized spacial score (nSPS) is 13.3. The van der Waals surface area contributed by atoms with Crippen molar-refractivity contribution in [2.75, 3.05) is 0 Å². The number of imidazole rings is 1. The molecule has 1 aliphatic rings. The molecule has 4 rings (SSSR count). The molecule has 0 bridgehead atoms. The van der Waals surface area contributed by atoms with Crippen LogP contribution < -0.4 is 0 Å². The van der Waals surface area contributed by atoms with Crippen LogP contribution >= 0.6 is 15.9 Å². The van der Waals surface area contributed by atoms with Crippen LogP contribution in [0.25, 0.3) is 5.69 Å². The van der Waals surface area contributed by atoms with Gasteiger partial charge < -0.3 is 8.98 Å². The van der Waals surface area contributed by atoms with Crippen LogP contribution in [0.4, 0.5) is 0 Å². The summed E-state index contributed by atoms with van der Waals surface area (Å²) in [4.78, 5) is 9.05. The number of fused-ring (bicyclic) bond motifs is 3. The van der Waals surface area contributed by atoms with Crippen molar-refractivity contribution in [1.29, 1.82) is 0 Å². The first-order chi connectivity index (χ1) is 9.83. The van der Waals surface area contributed by atoms with Gasteiger partial charge in [-0.3, -0.25) is 4.99 Å². The van der Waals surface area contributed by atoms with Crippen molar-refractivity contribution in [2.45, 2.75) is 6.54 Å². The van der Waals surface area contributed by atoms with Crippen LogP contribution in [0.5, 0.6) is 0 Å². The largest absolute Gasteiger partial charge is 0.463 e. The molecular weight excluding hydrogens is 318 g/mol. The predicted molar refractivity (Wildman–Crippen MR) is 79.3 cm³/mol. The minimum atomic E-state index is 0.537. The van der Waals surface area contributed by atoms with E-state index in [1.807, 2.05) is 24.4 Å². The Morgan fingerprint density at radius 1 is 1.25 bits per heavy atom. The Balaban J connectivity index is 2.01. The monoisotopic (exact) mass is 327 g/mol. The lowest BCUT2D eigenvalue weighted by molar-refractivity contribution is 0.557. The summed E-state index contributed by atoms with van der Waals surface area (Å²) in [5.41, 5.74) is 2.95. The van der Waals surface area contributed by atoms with E-state index in [1.54, 1.807) is 12.5 Å². The Morgan fingerprint density at radius 3 is 3.05 bits per heavy atom. The maximum absolute atomic E-state index is 5.52. The number of aromatic nitrogens is 2. The Hall–Kier alpha value is -2.14. The van der Waals surface area contributed by atoms with Crippen LogP contribution in [0.3, 0.4) is 0 Å². The van der Waals surface area contributed by atoms with Crippen LogP contribution in [0, 0.1) is 0 Å². The maximum atomic E-state index is 5.52. The van der Waals surface area contributed by atoms with Crippen molar-refractivity contribution in [3.63, 3.8) is 0 Å². The Bertz CT molecular complexity index is 802. The lowest BCUT2D eigenvalue weighted by atomic mass is 10.1. The van der Waals surface area contributed by atoms with Gasteiger partial charge in [0.1, 0.15) is 11.5 Å². The average molecular weight is 328 g/mol. The molecule has 3 aromatic rings. The molecule has 3 heterocycles. The second kappa shape index (κ2) is 4.45. The summed E-state index contributed by atoms with van der Waals surface area (Å²) in [7, 11) is 0. The average Bonchev–Trinajstić information content (AvgIpc) is 3.09. The number of aliphatic imine (C=N–C) groups is 1. The molecule has 20 heavy (non-hydrogen) atoms. The molecule has 0 saturated heterocycles. The van der Waals surface area contributed by atoms with Crippen LogP contribution in [0.1, 0.15) is 17.1 Å². The van der Waals surface area contributed by atoms with Gasteiger partial charge in [-0.2, -0.15) is 0 Å². The van der Waals surface area contributed by atoms with Gasteiger partial charge in [0.2, 0.25) is 0 Å². The fourth-order valence-electron chi connectivity index (χ4n) is 2.44. The summed E-state index contributed by atoms with van der Waals surface area (Å²) in [5.74, 6) is 1.70. The molecule has 98 valence electrons. The Morgan fingerprint density at radius 2 is 2.20 bits per heavy atom. The Kier molecular flexibility index (Phi) is 2.60. The van der Waals surface area contributed by atoms with Gasteiger partial charge in [0.15, 0.2) is 5.76 Å². The SMILES string of the molecule is Brc1ccc2c(c1)C(c1ccco1)=NCc1nccn1-2. The first-order valence-corrected chi connectivity index (χ1v) is 7.03. The molecule has 0 fully saturated rings. The quantitative estimate of drug-likeness (QED) is 0.685. The molecule has 4 nitrogen and oxygen atoms in total. The number of halogens is 1. The highest BCUT2D eigenvalue weighted by Crippen LogP contribution is 2.27. The van der Waals surface area contributed by atoms with Gasteiger partial charge in [-0.25, -0.2) is 4.98 Å². The lowest BCUT2D eigenvalue weighted by Gasteiger charge is -2.10. The summed E-state index contributed by atoms with van der Waals surface area (Å²) in [6.45, 7) is 0.537. The third-order valence-corrected chi connectivity index (χ3v) is 3.82. The van der Waals surface area contributed by atoms with Crippen LogP contribution in [0.2, 0.25) is 0 Å². The number of nitrogens with zero attached hydrogens (tertiary/aromatic N) is 3. The molecule has 1 aliphatic heterocycles. The third kappa shape index (κ3) is 1.74. The zero-order valence-corrected chi connectivity index (χ0v) is 12.0. The van der Waals surface area contributed by atoms with Crippen LogP contribution in [0.15, 0.2) is 62.9 Å². The minimum Gasteiger partial charge on any atom is -0.463 e. The first kappa shape index (κ1) is 11.7. The van der Waals surface area contributed by atoms with E-state index in [2.05, 4.69) is 42.6 Å². The molecule has 1 aromatic carbocycles. The van der Waals surface area contributed by atoms with Gasteiger partial charge in [-0.15, -0.1) is 0 Å². The molecule has 0 amide bonds. The Labute approximate surface area is 123 Å². The fraction of sp³-hybridized carbons (Fsp3) is 0.0667. The van der Waals surface area contributed by atoms with Gasteiger partial charge >= 0.3 is 0 Å². The second-order valence-corrected chi connectivity index (χ2v) is 5.43. The molecule has 2 aromatic heterocycles. The summed E-state index contributed by atoms with van der Waals surface area (Å²) >= 11 is 3.53. The zero-order chi connectivity index (χ0) is 13.5. The van der Waals surface area contributed by atoms with E-state index >= 15 is 0 Å². The van der Waals surface area contributed by atoms with Crippen molar-refractivity contribution in [3.8, 4) is 5.69 Å². The highest BCUT2D eigenvalue weighted by Gasteiger charge is 2.20. The van der Waals surface area contributed by atoms with Crippen molar-refractivity contribution in [2.24, 2.45) is 4.99 Å². The third-order valence-electron chi connectivity index (χ3n) is 3.32. The smallest absolute Gasteiger partial charge is 0.152 e. The fourth-order valence-corrected chi connectivity index (χ4v) is 2.80. The van der Waals surface area contributed by atoms with Gasteiger partial charge in [-0.1, -0.05) is 15.9 Å². The van der Waals surface area contributed by atoms with Crippen molar-refractivity contribution in [1.82, 2.24) is 9.55 Å². The maximum Gasteiger partial charge on any atom is 0.152 e. The van der Waals surface area contributed by atoms with E-state index in [0.717, 1.165) is 33.0 Å². The molecule has 0 saturated carbocycles. The number of benzene rings is 1. The van der Waals surface area contributed by atoms with Crippen LogP contribution in [-0.2, 0) is 6.54 Å². The molecular formula is C15H10BrN3O. The van der Waals surface area contributed by atoms with Gasteiger partial charge in [-0.05, 0) is 30.3 Å². The number of furan rings is 1. The summed E-state index contributed by atoms with van der Waals surface area (Å²) in [6, 6.07) is 9.95. The summed E-state index contributed by atoms with van der Waals surface area (Å²) in [6.07, 6.45) is 5.43. The van der Waals surface area contributed by atoms with Crippen molar-refractivity contribution < 1.29 is 4.42 Å². The molecule has 0 atom stereocenters. The molecule has 0 spiro atoms. The van der Waals surface area contributed by atoms with Gasteiger partial charge in [0.25, 0.3) is 0 Å². The van der Waals surface area contributed by atoms with Crippen molar-refractivity contribution in [3.05, 3.63) is 70.6 Å². The summed E-state index contributed by atoms with van der Waals surface area (Å²) in [5, 5.41) is 0. The van der Waals surface area contributed by atoms with Crippen molar-refractivity contribution >= 4 is 21.6 Å². The molecule has 5 heteroatoms. The summed E-state index contributed by atoms with van der Waals surface area (Å²) < 4.78 is 8.61. The van der Waals surface area contributed by atoms with Gasteiger partial charge in [0, 0.05) is 22.4 Å². The van der Waals surface area contributed by atoms with E-state index in [4.69, 9.17) is 4.42 Å². The van der Waals surface area contributed by atoms with Gasteiger partial charge in [0.05, 0.1) is 18.5 Å². The second-order valence-electron chi connectivity index (χ2n) is 4.52. The van der Waals surface area contributed by atoms with E-state index in [9.17, 15) is 0 Å². The molecule has 0 aliphatic carbocycles. The van der Waals surface area contributed by atoms with E-state index in [-0.39, 0.29) is 0 Å². The first-order valence-electron chi connectivity index (χ1n) is 6.24. The van der Waals surface area contributed by atoms with E-state index in [0.29, 0.717) is 6.54 Å². The number of rotatable bonds is 1. The molecule has 0 N–H and O–H groups in total. The highest BCUT2D eigenvalue weighted by molar-refractivity contribution is 9.10. The van der Waals surface area contributed by atoms with E-state index in [1.165, 1.54) is 0 Å². The predicted octanol–water partition coefficient (Wildman–Crippen LogP) is 3.58.